The Morgan fingerprint density at radius 2 is 2.18 bits per heavy atom. The third kappa shape index (κ3) is 2.82. The number of hydrogen-bond acceptors (Lipinski definition) is 4. The van der Waals surface area contributed by atoms with Crippen molar-refractivity contribution in [3.05, 3.63) is 64.1 Å². The van der Waals surface area contributed by atoms with Crippen molar-refractivity contribution in [2.75, 3.05) is 11.9 Å². The number of fused-ring (bicyclic) bond motifs is 2. The smallest absolute Gasteiger partial charge is 0.277 e. The lowest BCUT2D eigenvalue weighted by Crippen LogP contribution is -2.26. The van der Waals surface area contributed by atoms with E-state index in [-0.39, 0.29) is 11.9 Å². The fourth-order valence-electron chi connectivity index (χ4n) is 4.40. The number of H-pyrrole nitrogens is 1. The molecular weight excluding hydrogens is 352 g/mol. The molecule has 3 heterocycles. The number of anilines is 1. The largest absolute Gasteiger partial charge is 0.312 e. The molecule has 2 aliphatic rings. The van der Waals surface area contributed by atoms with Crippen LogP contribution in [0.5, 0.6) is 0 Å². The molecule has 0 saturated carbocycles. The molecule has 1 atom stereocenters. The van der Waals surface area contributed by atoms with Crippen LogP contribution in [0.15, 0.2) is 30.5 Å². The zero-order chi connectivity index (χ0) is 19.1. The molecule has 7 heteroatoms. The Morgan fingerprint density at radius 1 is 1.29 bits per heavy atom. The number of aryl methyl sites for hydroxylation is 2. The van der Waals surface area contributed by atoms with Crippen LogP contribution in [0.3, 0.4) is 0 Å². The molecule has 1 aliphatic carbocycles. The highest BCUT2D eigenvalue weighted by Gasteiger charge is 2.27. The van der Waals surface area contributed by atoms with Gasteiger partial charge in [-0.3, -0.25) is 9.89 Å². The molecule has 7 nitrogen and oxygen atoms in total. The molecular formula is C21H24N6O. The number of nitrogens with one attached hydrogen (secondary N) is 3. The van der Waals surface area contributed by atoms with Crippen molar-refractivity contribution in [1.29, 1.82) is 0 Å². The third-order valence-electron chi connectivity index (χ3n) is 5.86. The Morgan fingerprint density at radius 3 is 3.11 bits per heavy atom. The van der Waals surface area contributed by atoms with Crippen LogP contribution in [0.1, 0.15) is 57.3 Å². The van der Waals surface area contributed by atoms with Gasteiger partial charge in [0, 0.05) is 36.3 Å². The predicted molar refractivity (Wildman–Crippen MR) is 106 cm³/mol. The van der Waals surface area contributed by atoms with Crippen molar-refractivity contribution >= 4 is 11.7 Å². The standard InChI is InChI=1S/C21H24N6O/c1-13-11-23-27(18-8-4-6-14-5-2-3-7-15(14)18)20(13)24-21(28)19-16-12-22-10-9-17(16)25-26-19/h2-3,5,7,11,18,22H,4,6,8-10,12H2,1H3,(H,24,28)(H,25,26). The van der Waals surface area contributed by atoms with Crippen LogP contribution in [-0.4, -0.2) is 32.4 Å². The van der Waals surface area contributed by atoms with E-state index in [1.807, 2.05) is 17.8 Å². The van der Waals surface area contributed by atoms with Crippen LogP contribution >= 0.6 is 0 Å². The zero-order valence-corrected chi connectivity index (χ0v) is 16.0. The van der Waals surface area contributed by atoms with E-state index >= 15 is 0 Å². The fourth-order valence-corrected chi connectivity index (χ4v) is 4.40. The van der Waals surface area contributed by atoms with Crippen molar-refractivity contribution in [3.63, 3.8) is 0 Å². The summed E-state index contributed by atoms with van der Waals surface area (Å²) in [5, 5.41) is 18.3. The van der Waals surface area contributed by atoms with Gasteiger partial charge in [-0.2, -0.15) is 10.2 Å². The highest BCUT2D eigenvalue weighted by molar-refractivity contribution is 6.04. The first-order valence-electron chi connectivity index (χ1n) is 9.92. The number of rotatable bonds is 3. The number of aromatic nitrogens is 4. The average molecular weight is 376 g/mol. The van der Waals surface area contributed by atoms with Crippen molar-refractivity contribution in [2.24, 2.45) is 0 Å². The average Bonchev–Trinajstić information content (AvgIpc) is 3.32. The van der Waals surface area contributed by atoms with Crippen LogP contribution in [0, 0.1) is 6.92 Å². The minimum absolute atomic E-state index is 0.142. The second kappa shape index (κ2) is 6.91. The summed E-state index contributed by atoms with van der Waals surface area (Å²) in [5.41, 5.74) is 6.12. The van der Waals surface area contributed by atoms with Gasteiger partial charge in [0.05, 0.1) is 12.2 Å². The molecule has 3 N–H and O–H groups in total. The summed E-state index contributed by atoms with van der Waals surface area (Å²) >= 11 is 0. The highest BCUT2D eigenvalue weighted by atomic mass is 16.2. The lowest BCUT2D eigenvalue weighted by atomic mass is 9.88. The van der Waals surface area contributed by atoms with Crippen molar-refractivity contribution in [1.82, 2.24) is 25.3 Å². The van der Waals surface area contributed by atoms with Crippen LogP contribution in [0.25, 0.3) is 0 Å². The maximum absolute atomic E-state index is 13.0. The number of amides is 1. The number of benzene rings is 1. The van der Waals surface area contributed by atoms with E-state index in [0.29, 0.717) is 12.2 Å². The molecule has 1 unspecified atom stereocenters. The van der Waals surface area contributed by atoms with E-state index in [2.05, 4.69) is 50.2 Å². The van der Waals surface area contributed by atoms with Gasteiger partial charge in [0.25, 0.3) is 5.91 Å². The van der Waals surface area contributed by atoms with Crippen molar-refractivity contribution < 1.29 is 4.79 Å². The summed E-state index contributed by atoms with van der Waals surface area (Å²) in [6.07, 6.45) is 5.93. The van der Waals surface area contributed by atoms with Crippen molar-refractivity contribution in [2.45, 2.75) is 45.2 Å². The van der Waals surface area contributed by atoms with Gasteiger partial charge in [0.15, 0.2) is 5.69 Å². The van der Waals surface area contributed by atoms with E-state index in [0.717, 1.165) is 54.9 Å². The predicted octanol–water partition coefficient (Wildman–Crippen LogP) is 2.74. The molecule has 5 rings (SSSR count). The maximum Gasteiger partial charge on any atom is 0.277 e. The molecule has 28 heavy (non-hydrogen) atoms. The third-order valence-corrected chi connectivity index (χ3v) is 5.86. The number of nitrogens with zero attached hydrogens (tertiary/aromatic N) is 3. The molecule has 1 aromatic carbocycles. The van der Waals surface area contributed by atoms with Gasteiger partial charge in [-0.25, -0.2) is 4.68 Å². The SMILES string of the molecule is Cc1cnn(C2CCCc3ccccc32)c1NC(=O)c1n[nH]c2c1CNCC2. The van der Waals surface area contributed by atoms with Gasteiger partial charge in [-0.05, 0) is 37.3 Å². The first kappa shape index (κ1) is 17.2. The second-order valence-electron chi connectivity index (χ2n) is 7.64. The van der Waals surface area contributed by atoms with Crippen LogP contribution in [0.4, 0.5) is 5.82 Å². The lowest BCUT2D eigenvalue weighted by molar-refractivity contribution is 0.102. The second-order valence-corrected chi connectivity index (χ2v) is 7.64. The van der Waals surface area contributed by atoms with Gasteiger partial charge in [0.2, 0.25) is 0 Å². The van der Waals surface area contributed by atoms with E-state index in [1.165, 1.54) is 11.1 Å². The van der Waals surface area contributed by atoms with E-state index in [1.54, 1.807) is 0 Å². The van der Waals surface area contributed by atoms with Crippen LogP contribution in [-0.2, 0) is 19.4 Å². The summed E-state index contributed by atoms with van der Waals surface area (Å²) in [6, 6.07) is 8.68. The molecule has 0 saturated heterocycles. The minimum Gasteiger partial charge on any atom is -0.312 e. The molecule has 3 aromatic rings. The monoisotopic (exact) mass is 376 g/mol. The highest BCUT2D eigenvalue weighted by Crippen LogP contribution is 2.35. The molecule has 1 aliphatic heterocycles. The van der Waals surface area contributed by atoms with Gasteiger partial charge >= 0.3 is 0 Å². The van der Waals surface area contributed by atoms with Gasteiger partial charge in [0.1, 0.15) is 5.82 Å². The van der Waals surface area contributed by atoms with Gasteiger partial charge < -0.3 is 10.6 Å². The molecule has 2 aromatic heterocycles. The minimum atomic E-state index is -0.185. The van der Waals surface area contributed by atoms with Crippen LogP contribution in [0.2, 0.25) is 0 Å². The van der Waals surface area contributed by atoms with Gasteiger partial charge in [-0.1, -0.05) is 24.3 Å². The Kier molecular flexibility index (Phi) is 4.24. The molecule has 0 spiro atoms. The van der Waals surface area contributed by atoms with E-state index < -0.39 is 0 Å². The van der Waals surface area contributed by atoms with E-state index in [9.17, 15) is 4.79 Å². The van der Waals surface area contributed by atoms with E-state index in [4.69, 9.17) is 0 Å². The van der Waals surface area contributed by atoms with Crippen LogP contribution < -0.4 is 10.6 Å². The summed E-state index contributed by atoms with van der Waals surface area (Å²) < 4.78 is 1.97. The number of hydrogen-bond donors (Lipinski definition) is 3. The number of carbonyl (C=O) groups excluding carboxylic acids is 1. The lowest BCUT2D eigenvalue weighted by Gasteiger charge is -2.27. The Balaban J connectivity index is 1.47. The quantitative estimate of drug-likeness (QED) is 0.656. The molecule has 0 bridgehead atoms. The number of aromatic amines is 1. The normalized spacial score (nSPS) is 18.4. The van der Waals surface area contributed by atoms with Gasteiger partial charge in [-0.15, -0.1) is 0 Å². The zero-order valence-electron chi connectivity index (χ0n) is 16.0. The molecule has 0 fully saturated rings. The molecule has 1 amide bonds. The molecule has 0 radical (unpaired) electrons. The Hall–Kier alpha value is -2.93. The number of carbonyl (C=O) groups is 1. The first-order chi connectivity index (χ1) is 13.7. The topological polar surface area (TPSA) is 87.6 Å². The summed E-state index contributed by atoms with van der Waals surface area (Å²) in [7, 11) is 0. The summed E-state index contributed by atoms with van der Waals surface area (Å²) in [6.45, 7) is 3.56. The summed E-state index contributed by atoms with van der Waals surface area (Å²) in [5.74, 6) is 0.572. The Labute approximate surface area is 163 Å². The summed E-state index contributed by atoms with van der Waals surface area (Å²) in [4.78, 5) is 13.0. The van der Waals surface area contributed by atoms with Crippen molar-refractivity contribution in [3.8, 4) is 0 Å². The Bertz CT molecular complexity index is 1030. The first-order valence-corrected chi connectivity index (χ1v) is 9.92. The maximum atomic E-state index is 13.0. The fraction of sp³-hybridized carbons (Fsp3) is 0.381. The molecule has 144 valence electrons.